The Morgan fingerprint density at radius 2 is 1.95 bits per heavy atom. The van der Waals surface area contributed by atoms with E-state index in [4.69, 9.17) is 0 Å². The van der Waals surface area contributed by atoms with Crippen LogP contribution in [0.5, 0.6) is 0 Å². The lowest BCUT2D eigenvalue weighted by Crippen LogP contribution is -2.31. The number of nitrogens with one attached hydrogen (secondary N) is 1. The van der Waals surface area contributed by atoms with Gasteiger partial charge in [-0.25, -0.2) is 4.68 Å². The molecule has 0 aliphatic carbocycles. The molecule has 0 saturated heterocycles. The summed E-state index contributed by atoms with van der Waals surface area (Å²) in [6.45, 7) is 11.4. The van der Waals surface area contributed by atoms with Gasteiger partial charge in [0.05, 0.1) is 5.69 Å². The average molecular weight is 299 g/mol. The lowest BCUT2D eigenvalue weighted by atomic mass is 10.0. The third kappa shape index (κ3) is 3.63. The summed E-state index contributed by atoms with van der Waals surface area (Å²) in [5.41, 5.74) is 5.10. The highest BCUT2D eigenvalue weighted by atomic mass is 16.1. The van der Waals surface area contributed by atoms with Gasteiger partial charge >= 0.3 is 0 Å². The number of nitrogens with zero attached hydrogens (tertiary/aromatic N) is 2. The van der Waals surface area contributed by atoms with Crippen molar-refractivity contribution in [2.24, 2.45) is 0 Å². The van der Waals surface area contributed by atoms with E-state index in [0.29, 0.717) is 19.1 Å². The van der Waals surface area contributed by atoms with Crippen molar-refractivity contribution in [1.29, 1.82) is 0 Å². The van der Waals surface area contributed by atoms with E-state index in [9.17, 15) is 4.79 Å². The van der Waals surface area contributed by atoms with E-state index in [2.05, 4.69) is 56.3 Å². The molecule has 4 nitrogen and oxygen atoms in total. The van der Waals surface area contributed by atoms with Crippen LogP contribution in [-0.4, -0.2) is 15.8 Å². The van der Waals surface area contributed by atoms with Gasteiger partial charge in [0.25, 0.3) is 5.56 Å². The first-order valence-corrected chi connectivity index (χ1v) is 7.84. The molecule has 118 valence electrons. The number of aromatic nitrogens is 2. The molecule has 0 fully saturated rings. The van der Waals surface area contributed by atoms with Crippen molar-refractivity contribution < 1.29 is 0 Å². The number of benzene rings is 1. The fourth-order valence-electron chi connectivity index (χ4n) is 2.48. The van der Waals surface area contributed by atoms with Crippen molar-refractivity contribution in [2.75, 3.05) is 0 Å². The molecule has 1 aromatic carbocycles. The third-order valence-electron chi connectivity index (χ3n) is 3.71. The third-order valence-corrected chi connectivity index (χ3v) is 3.71. The Morgan fingerprint density at radius 1 is 1.23 bits per heavy atom. The van der Waals surface area contributed by atoms with E-state index in [1.807, 2.05) is 13.0 Å². The van der Waals surface area contributed by atoms with Crippen LogP contribution < -0.4 is 10.9 Å². The number of aryl methyl sites for hydroxylation is 3. The second-order valence-electron chi connectivity index (χ2n) is 6.03. The Bertz CT molecular complexity index is 717. The monoisotopic (exact) mass is 299 g/mol. The molecule has 22 heavy (non-hydrogen) atoms. The van der Waals surface area contributed by atoms with Gasteiger partial charge in [0.15, 0.2) is 0 Å². The van der Waals surface area contributed by atoms with Crippen molar-refractivity contribution in [3.05, 3.63) is 51.3 Å². The molecule has 0 spiro atoms. The molecule has 1 aromatic heterocycles. The fourth-order valence-corrected chi connectivity index (χ4v) is 2.48. The Hall–Kier alpha value is -1.94. The smallest absolute Gasteiger partial charge is 0.271 e. The molecule has 0 aliphatic heterocycles. The minimum Gasteiger partial charge on any atom is -0.310 e. The standard InChI is InChI=1S/C18H25N3O/c1-6-21-18(22)15(11-19-12(2)3)10-17(20-21)16-8-7-13(4)9-14(16)5/h7-10,12,19H,6,11H2,1-5H3. The zero-order valence-corrected chi connectivity index (χ0v) is 14.1. The lowest BCUT2D eigenvalue weighted by molar-refractivity contribution is 0.564. The second kappa shape index (κ2) is 6.88. The summed E-state index contributed by atoms with van der Waals surface area (Å²) in [5, 5.41) is 7.83. The van der Waals surface area contributed by atoms with Crippen LogP contribution in [0.25, 0.3) is 11.3 Å². The first kappa shape index (κ1) is 16.4. The predicted octanol–water partition coefficient (Wildman–Crippen LogP) is 3.05. The molecule has 0 radical (unpaired) electrons. The van der Waals surface area contributed by atoms with Gasteiger partial charge in [0, 0.05) is 30.3 Å². The molecule has 2 aromatic rings. The fraction of sp³-hybridized carbons (Fsp3) is 0.444. The summed E-state index contributed by atoms with van der Waals surface area (Å²) in [6.07, 6.45) is 0. The summed E-state index contributed by atoms with van der Waals surface area (Å²) in [7, 11) is 0. The average Bonchev–Trinajstić information content (AvgIpc) is 2.46. The van der Waals surface area contributed by atoms with E-state index in [0.717, 1.165) is 16.8 Å². The Kier molecular flexibility index (Phi) is 5.14. The van der Waals surface area contributed by atoms with E-state index in [1.165, 1.54) is 11.1 Å². The molecule has 1 heterocycles. The normalized spacial score (nSPS) is 11.2. The summed E-state index contributed by atoms with van der Waals surface area (Å²) in [5.74, 6) is 0. The maximum atomic E-state index is 12.4. The van der Waals surface area contributed by atoms with Crippen LogP contribution in [0.2, 0.25) is 0 Å². The van der Waals surface area contributed by atoms with Crippen molar-refractivity contribution >= 4 is 0 Å². The van der Waals surface area contributed by atoms with Crippen LogP contribution in [0.1, 0.15) is 37.5 Å². The minimum atomic E-state index is -0.0100. The van der Waals surface area contributed by atoms with E-state index >= 15 is 0 Å². The minimum absolute atomic E-state index is 0.0100. The predicted molar refractivity (Wildman–Crippen MR) is 91.1 cm³/mol. The van der Waals surface area contributed by atoms with Gasteiger partial charge in [0.2, 0.25) is 0 Å². The maximum absolute atomic E-state index is 12.4. The van der Waals surface area contributed by atoms with Crippen LogP contribution >= 0.6 is 0 Å². The van der Waals surface area contributed by atoms with Crippen molar-refractivity contribution in [3.63, 3.8) is 0 Å². The highest BCUT2D eigenvalue weighted by molar-refractivity contribution is 5.64. The molecule has 0 unspecified atom stereocenters. The molecule has 0 bridgehead atoms. The second-order valence-corrected chi connectivity index (χ2v) is 6.03. The molecule has 1 N–H and O–H groups in total. The first-order chi connectivity index (χ1) is 10.4. The quantitative estimate of drug-likeness (QED) is 0.923. The number of hydrogen-bond donors (Lipinski definition) is 1. The Balaban J connectivity index is 2.51. The number of hydrogen-bond acceptors (Lipinski definition) is 3. The Morgan fingerprint density at radius 3 is 2.55 bits per heavy atom. The van der Waals surface area contributed by atoms with Crippen LogP contribution in [0.3, 0.4) is 0 Å². The van der Waals surface area contributed by atoms with Gasteiger partial charge in [-0.15, -0.1) is 0 Å². The maximum Gasteiger partial charge on any atom is 0.271 e. The van der Waals surface area contributed by atoms with Gasteiger partial charge in [-0.05, 0) is 32.4 Å². The zero-order chi connectivity index (χ0) is 16.3. The van der Waals surface area contributed by atoms with Crippen LogP contribution in [0.15, 0.2) is 29.1 Å². The van der Waals surface area contributed by atoms with E-state index in [-0.39, 0.29) is 5.56 Å². The molecule has 0 saturated carbocycles. The largest absolute Gasteiger partial charge is 0.310 e. The molecule has 0 amide bonds. The van der Waals surface area contributed by atoms with E-state index in [1.54, 1.807) is 4.68 Å². The van der Waals surface area contributed by atoms with Gasteiger partial charge in [-0.2, -0.15) is 5.10 Å². The summed E-state index contributed by atoms with van der Waals surface area (Å²) in [6, 6.07) is 8.56. The molecular weight excluding hydrogens is 274 g/mol. The molecule has 0 atom stereocenters. The summed E-state index contributed by atoms with van der Waals surface area (Å²) in [4.78, 5) is 12.4. The van der Waals surface area contributed by atoms with Crippen molar-refractivity contribution in [2.45, 2.75) is 53.8 Å². The highest BCUT2D eigenvalue weighted by Gasteiger charge is 2.11. The molecule has 2 rings (SSSR count). The lowest BCUT2D eigenvalue weighted by Gasteiger charge is -2.13. The van der Waals surface area contributed by atoms with Crippen LogP contribution in [0, 0.1) is 13.8 Å². The molecule has 0 aliphatic rings. The zero-order valence-electron chi connectivity index (χ0n) is 14.1. The molecular formula is C18H25N3O. The van der Waals surface area contributed by atoms with Gasteiger partial charge in [0.1, 0.15) is 0 Å². The van der Waals surface area contributed by atoms with Gasteiger partial charge < -0.3 is 5.32 Å². The van der Waals surface area contributed by atoms with Gasteiger partial charge in [-0.3, -0.25) is 4.79 Å². The van der Waals surface area contributed by atoms with Crippen LogP contribution in [0.4, 0.5) is 0 Å². The topological polar surface area (TPSA) is 46.9 Å². The van der Waals surface area contributed by atoms with Gasteiger partial charge in [-0.1, -0.05) is 37.6 Å². The van der Waals surface area contributed by atoms with Crippen LogP contribution in [-0.2, 0) is 13.1 Å². The highest BCUT2D eigenvalue weighted by Crippen LogP contribution is 2.22. The molecule has 4 heteroatoms. The van der Waals surface area contributed by atoms with Crippen molar-refractivity contribution in [3.8, 4) is 11.3 Å². The number of rotatable bonds is 5. The van der Waals surface area contributed by atoms with Crippen molar-refractivity contribution in [1.82, 2.24) is 15.1 Å². The van der Waals surface area contributed by atoms with E-state index < -0.39 is 0 Å². The Labute approximate surface area is 132 Å². The first-order valence-electron chi connectivity index (χ1n) is 7.84. The SMILES string of the molecule is CCn1nc(-c2ccc(C)cc2C)cc(CNC(C)C)c1=O. The summed E-state index contributed by atoms with van der Waals surface area (Å²) < 4.78 is 1.55. The summed E-state index contributed by atoms with van der Waals surface area (Å²) >= 11 is 0.